The van der Waals surface area contributed by atoms with Crippen LogP contribution in [-0.2, 0) is 13.1 Å². The summed E-state index contributed by atoms with van der Waals surface area (Å²) in [5, 5.41) is 3.77. The highest BCUT2D eigenvalue weighted by Crippen LogP contribution is 2.33. The average Bonchev–Trinajstić information content (AvgIpc) is 3.34. The first-order valence-corrected chi connectivity index (χ1v) is 11.8. The lowest BCUT2D eigenvalue weighted by Gasteiger charge is -2.23. The first-order chi connectivity index (χ1) is 17.5. The highest BCUT2D eigenvalue weighted by atomic mass is 16.7. The van der Waals surface area contributed by atoms with Gasteiger partial charge in [0.15, 0.2) is 11.5 Å². The Morgan fingerprint density at radius 2 is 1.81 bits per heavy atom. The fourth-order valence-electron chi connectivity index (χ4n) is 4.11. The van der Waals surface area contributed by atoms with Gasteiger partial charge < -0.3 is 29.4 Å². The Hall–Kier alpha value is -4.46. The van der Waals surface area contributed by atoms with Crippen molar-refractivity contribution in [2.45, 2.75) is 26.9 Å². The Labute approximate surface area is 208 Å². The molecule has 3 aromatic carbocycles. The molecule has 0 saturated heterocycles. The number of amides is 2. The van der Waals surface area contributed by atoms with Gasteiger partial charge in [-0.2, -0.15) is 0 Å². The fourth-order valence-corrected chi connectivity index (χ4v) is 4.11. The van der Waals surface area contributed by atoms with Gasteiger partial charge in [0.25, 0.3) is 5.56 Å². The summed E-state index contributed by atoms with van der Waals surface area (Å²) >= 11 is 0. The van der Waals surface area contributed by atoms with Crippen LogP contribution in [0.1, 0.15) is 23.6 Å². The Bertz CT molecular complexity index is 1460. The quantitative estimate of drug-likeness (QED) is 0.375. The summed E-state index contributed by atoms with van der Waals surface area (Å²) in [6.45, 7) is 5.00. The van der Waals surface area contributed by atoms with E-state index in [1.54, 1.807) is 4.90 Å². The van der Waals surface area contributed by atoms with Gasteiger partial charge in [0, 0.05) is 28.7 Å². The Morgan fingerprint density at radius 3 is 2.61 bits per heavy atom. The molecule has 2 heterocycles. The molecule has 36 heavy (non-hydrogen) atoms. The van der Waals surface area contributed by atoms with Gasteiger partial charge in [-0.25, -0.2) is 4.79 Å². The third-order valence-corrected chi connectivity index (χ3v) is 5.97. The first kappa shape index (κ1) is 23.3. The number of aromatic nitrogens is 1. The number of aromatic amines is 1. The van der Waals surface area contributed by atoms with Crippen molar-refractivity contribution in [3.63, 3.8) is 0 Å². The number of benzene rings is 3. The Kier molecular flexibility index (Phi) is 6.49. The van der Waals surface area contributed by atoms with E-state index in [1.165, 1.54) is 0 Å². The van der Waals surface area contributed by atoms with E-state index in [1.807, 2.05) is 80.6 Å². The molecule has 4 aromatic rings. The van der Waals surface area contributed by atoms with Crippen LogP contribution in [0.15, 0.2) is 71.5 Å². The number of hydrogen-bond donors (Lipinski definition) is 2. The number of anilines is 1. The lowest BCUT2D eigenvalue weighted by molar-refractivity contribution is 0.174. The molecule has 1 aromatic heterocycles. The van der Waals surface area contributed by atoms with Crippen LogP contribution < -0.4 is 25.1 Å². The third kappa shape index (κ3) is 5.12. The van der Waals surface area contributed by atoms with Crippen molar-refractivity contribution < 1.29 is 19.0 Å². The normalized spacial score (nSPS) is 11.9. The van der Waals surface area contributed by atoms with Crippen molar-refractivity contribution in [3.8, 4) is 17.2 Å². The largest absolute Gasteiger partial charge is 0.494 e. The molecule has 1 aliphatic rings. The number of carbonyl (C=O) groups is 1. The predicted octanol–water partition coefficient (Wildman–Crippen LogP) is 5.20. The standard InChI is InChI=1S/C28H27N3O5/c1-3-34-23-9-10-24-20(14-23)13-21(27(32)30-24)16-31(28(33)29-22-7-4-18(2)5-8-22)15-19-6-11-25-26(12-19)36-17-35-25/h4-14H,3,15-17H2,1-2H3,(H,29,33)(H,30,32). The lowest BCUT2D eigenvalue weighted by Crippen LogP contribution is -2.35. The van der Waals surface area contributed by atoms with Crippen LogP contribution in [0.5, 0.6) is 17.2 Å². The molecule has 8 nitrogen and oxygen atoms in total. The fraction of sp³-hybridized carbons (Fsp3) is 0.214. The molecule has 0 aliphatic carbocycles. The van der Waals surface area contributed by atoms with Crippen molar-refractivity contribution >= 4 is 22.6 Å². The number of hydrogen-bond acceptors (Lipinski definition) is 5. The number of pyridine rings is 1. The van der Waals surface area contributed by atoms with Crippen molar-refractivity contribution in [2.24, 2.45) is 0 Å². The van der Waals surface area contributed by atoms with E-state index >= 15 is 0 Å². The second-order valence-electron chi connectivity index (χ2n) is 8.65. The number of aryl methyl sites for hydroxylation is 1. The number of carbonyl (C=O) groups excluding carboxylic acids is 1. The molecule has 0 spiro atoms. The van der Waals surface area contributed by atoms with Gasteiger partial charge in [0.05, 0.1) is 13.2 Å². The summed E-state index contributed by atoms with van der Waals surface area (Å²) in [6, 6.07) is 20.1. The molecule has 0 fully saturated rings. The van der Waals surface area contributed by atoms with E-state index in [0.29, 0.717) is 34.9 Å². The summed E-state index contributed by atoms with van der Waals surface area (Å²) in [5.41, 5.74) is 3.56. The minimum atomic E-state index is -0.320. The number of urea groups is 1. The molecule has 0 unspecified atom stereocenters. The van der Waals surface area contributed by atoms with Crippen molar-refractivity contribution in [1.82, 2.24) is 9.88 Å². The molecular weight excluding hydrogens is 458 g/mol. The molecule has 0 radical (unpaired) electrons. The topological polar surface area (TPSA) is 92.9 Å². The van der Waals surface area contributed by atoms with Crippen LogP contribution in [0.3, 0.4) is 0 Å². The van der Waals surface area contributed by atoms with Crippen LogP contribution in [0.4, 0.5) is 10.5 Å². The summed E-state index contributed by atoms with van der Waals surface area (Å²) in [6.07, 6.45) is 0. The van der Waals surface area contributed by atoms with Gasteiger partial charge in [-0.3, -0.25) is 4.79 Å². The molecule has 8 heteroatoms. The van der Waals surface area contributed by atoms with Gasteiger partial charge in [0.2, 0.25) is 6.79 Å². The summed E-state index contributed by atoms with van der Waals surface area (Å²) < 4.78 is 16.5. The van der Waals surface area contributed by atoms with E-state index in [9.17, 15) is 9.59 Å². The highest BCUT2D eigenvalue weighted by molar-refractivity contribution is 5.89. The van der Waals surface area contributed by atoms with Crippen molar-refractivity contribution in [3.05, 3.63) is 93.8 Å². The molecule has 0 saturated carbocycles. The number of nitrogens with one attached hydrogen (secondary N) is 2. The number of ether oxygens (including phenoxy) is 3. The van der Waals surface area contributed by atoms with Crippen LogP contribution in [0.2, 0.25) is 0 Å². The lowest BCUT2D eigenvalue weighted by atomic mass is 10.1. The molecular formula is C28H27N3O5. The second-order valence-corrected chi connectivity index (χ2v) is 8.65. The smallest absolute Gasteiger partial charge is 0.322 e. The van der Waals surface area contributed by atoms with Crippen LogP contribution in [0.25, 0.3) is 10.9 Å². The van der Waals surface area contributed by atoms with Crippen molar-refractivity contribution in [2.75, 3.05) is 18.7 Å². The van der Waals surface area contributed by atoms with E-state index < -0.39 is 0 Å². The number of H-pyrrole nitrogens is 1. The van der Waals surface area contributed by atoms with Crippen LogP contribution in [-0.4, -0.2) is 29.3 Å². The number of fused-ring (bicyclic) bond motifs is 2. The van der Waals surface area contributed by atoms with E-state index in [-0.39, 0.29) is 31.5 Å². The zero-order valence-electron chi connectivity index (χ0n) is 20.2. The average molecular weight is 486 g/mol. The summed E-state index contributed by atoms with van der Waals surface area (Å²) in [7, 11) is 0. The molecule has 2 N–H and O–H groups in total. The van der Waals surface area contributed by atoms with E-state index in [2.05, 4.69) is 10.3 Å². The predicted molar refractivity (Wildman–Crippen MR) is 138 cm³/mol. The van der Waals surface area contributed by atoms with Crippen LogP contribution >= 0.6 is 0 Å². The molecule has 0 bridgehead atoms. The van der Waals surface area contributed by atoms with Gasteiger partial charge >= 0.3 is 6.03 Å². The molecule has 1 aliphatic heterocycles. The SMILES string of the molecule is CCOc1ccc2[nH]c(=O)c(CN(Cc3ccc4c(c3)OCO4)C(=O)Nc3ccc(C)cc3)cc2c1. The molecule has 184 valence electrons. The maximum Gasteiger partial charge on any atom is 0.322 e. The van der Waals surface area contributed by atoms with Crippen molar-refractivity contribution in [1.29, 1.82) is 0 Å². The maximum absolute atomic E-state index is 13.4. The minimum absolute atomic E-state index is 0.107. The Balaban J connectivity index is 1.45. The number of rotatable bonds is 7. The summed E-state index contributed by atoms with van der Waals surface area (Å²) in [5.74, 6) is 2.03. The highest BCUT2D eigenvalue weighted by Gasteiger charge is 2.20. The molecule has 5 rings (SSSR count). The van der Waals surface area contributed by atoms with Gasteiger partial charge in [0.1, 0.15) is 5.75 Å². The Morgan fingerprint density at radius 1 is 1.00 bits per heavy atom. The molecule has 2 amide bonds. The third-order valence-electron chi connectivity index (χ3n) is 5.97. The maximum atomic E-state index is 13.4. The van der Waals surface area contributed by atoms with Gasteiger partial charge in [-0.15, -0.1) is 0 Å². The second kappa shape index (κ2) is 10.0. The van der Waals surface area contributed by atoms with E-state index in [0.717, 1.165) is 22.3 Å². The van der Waals surface area contributed by atoms with Crippen LogP contribution in [0, 0.1) is 6.92 Å². The number of nitrogens with zero attached hydrogens (tertiary/aromatic N) is 1. The van der Waals surface area contributed by atoms with E-state index in [4.69, 9.17) is 14.2 Å². The van der Waals surface area contributed by atoms with Gasteiger partial charge in [-0.1, -0.05) is 23.8 Å². The van der Waals surface area contributed by atoms with Gasteiger partial charge in [-0.05, 0) is 67.9 Å². The zero-order valence-corrected chi connectivity index (χ0v) is 20.2. The summed E-state index contributed by atoms with van der Waals surface area (Å²) in [4.78, 5) is 30.8. The minimum Gasteiger partial charge on any atom is -0.494 e. The zero-order chi connectivity index (χ0) is 25.1. The molecule has 0 atom stereocenters. The first-order valence-electron chi connectivity index (χ1n) is 11.8. The monoisotopic (exact) mass is 485 g/mol.